The zero-order valence-corrected chi connectivity index (χ0v) is 8.68. The van der Waals surface area contributed by atoms with Crippen molar-refractivity contribution < 1.29 is 27.4 Å². The fourth-order valence-corrected chi connectivity index (χ4v) is 1.36. The van der Waals surface area contributed by atoms with Crippen LogP contribution in [0.2, 0.25) is 0 Å². The second-order valence-electron chi connectivity index (χ2n) is 3.56. The van der Waals surface area contributed by atoms with E-state index in [1.807, 2.05) is 0 Å². The van der Waals surface area contributed by atoms with Crippen molar-refractivity contribution in [3.63, 3.8) is 0 Å². The predicted molar refractivity (Wildman–Crippen MR) is 49.0 cm³/mol. The number of rotatable bonds is 3. The monoisotopic (exact) mass is 241 g/mol. The van der Waals surface area contributed by atoms with Gasteiger partial charge in [0.25, 0.3) is 0 Å². The lowest BCUT2D eigenvalue weighted by Gasteiger charge is -2.22. The molecule has 94 valence electrons. The molecule has 7 heteroatoms. The van der Waals surface area contributed by atoms with Crippen LogP contribution in [-0.2, 0) is 9.47 Å². The molecule has 0 aromatic heterocycles. The van der Waals surface area contributed by atoms with Gasteiger partial charge in [-0.25, -0.2) is 4.79 Å². The maximum absolute atomic E-state index is 11.7. The third-order valence-corrected chi connectivity index (χ3v) is 2.11. The molecule has 1 fully saturated rings. The third kappa shape index (κ3) is 5.79. The Balaban J connectivity index is 2.09. The molecule has 0 spiro atoms. The van der Waals surface area contributed by atoms with Crippen LogP contribution in [0.3, 0.4) is 0 Å². The van der Waals surface area contributed by atoms with Crippen molar-refractivity contribution >= 4 is 6.09 Å². The first-order chi connectivity index (χ1) is 7.47. The molecule has 4 nitrogen and oxygen atoms in total. The quantitative estimate of drug-likeness (QED) is 0.820. The van der Waals surface area contributed by atoms with Gasteiger partial charge in [-0.2, -0.15) is 13.2 Å². The molecule has 1 rings (SSSR count). The molecule has 1 atom stereocenters. The summed E-state index contributed by atoms with van der Waals surface area (Å²) < 4.78 is 44.3. The van der Waals surface area contributed by atoms with Gasteiger partial charge in [-0.05, 0) is 19.3 Å². The van der Waals surface area contributed by atoms with Gasteiger partial charge in [0, 0.05) is 13.2 Å². The first-order valence-corrected chi connectivity index (χ1v) is 5.06. The van der Waals surface area contributed by atoms with Crippen LogP contribution in [0.15, 0.2) is 0 Å². The van der Waals surface area contributed by atoms with Crippen molar-refractivity contribution in [2.45, 2.75) is 31.5 Å². The van der Waals surface area contributed by atoms with Crippen LogP contribution in [-0.4, -0.2) is 38.1 Å². The minimum Gasteiger partial charge on any atom is -0.440 e. The van der Waals surface area contributed by atoms with E-state index in [4.69, 9.17) is 4.74 Å². The highest BCUT2D eigenvalue weighted by Gasteiger charge is 2.29. The summed E-state index contributed by atoms with van der Waals surface area (Å²) in [7, 11) is 0. The van der Waals surface area contributed by atoms with E-state index in [0.717, 1.165) is 19.3 Å². The van der Waals surface area contributed by atoms with Crippen LogP contribution in [0.5, 0.6) is 0 Å². The molecule has 1 aliphatic rings. The number of hydrogen-bond donors (Lipinski definition) is 1. The van der Waals surface area contributed by atoms with Gasteiger partial charge < -0.3 is 14.8 Å². The zero-order chi connectivity index (χ0) is 12.0. The van der Waals surface area contributed by atoms with E-state index in [1.54, 1.807) is 0 Å². The summed E-state index contributed by atoms with van der Waals surface area (Å²) in [6.07, 6.45) is -2.88. The third-order valence-electron chi connectivity index (χ3n) is 2.11. The highest BCUT2D eigenvalue weighted by atomic mass is 19.4. The highest BCUT2D eigenvalue weighted by molar-refractivity contribution is 5.67. The van der Waals surface area contributed by atoms with Crippen LogP contribution in [0, 0.1) is 0 Å². The van der Waals surface area contributed by atoms with Crippen LogP contribution in [0.4, 0.5) is 18.0 Å². The van der Waals surface area contributed by atoms with Gasteiger partial charge in [0.15, 0.2) is 6.61 Å². The molecule has 16 heavy (non-hydrogen) atoms. The fourth-order valence-electron chi connectivity index (χ4n) is 1.36. The Morgan fingerprint density at radius 2 is 2.19 bits per heavy atom. The molecule has 0 aliphatic carbocycles. The number of hydrogen-bond acceptors (Lipinski definition) is 3. The molecule has 1 amide bonds. The first-order valence-electron chi connectivity index (χ1n) is 5.06. The summed E-state index contributed by atoms with van der Waals surface area (Å²) in [5.74, 6) is 0. The Hall–Kier alpha value is -0.980. The van der Waals surface area contributed by atoms with Gasteiger partial charge in [-0.15, -0.1) is 0 Å². The Morgan fingerprint density at radius 3 is 2.75 bits per heavy atom. The molecule has 0 saturated carbocycles. The van der Waals surface area contributed by atoms with Crippen molar-refractivity contribution in [1.29, 1.82) is 0 Å². The lowest BCUT2D eigenvalue weighted by molar-refractivity contribution is -0.160. The van der Waals surface area contributed by atoms with Crippen LogP contribution < -0.4 is 5.32 Å². The molecular formula is C9H14F3NO3. The van der Waals surface area contributed by atoms with Crippen molar-refractivity contribution in [1.82, 2.24) is 5.32 Å². The molecule has 1 aliphatic heterocycles. The van der Waals surface area contributed by atoms with Crippen molar-refractivity contribution in [3.8, 4) is 0 Å². The van der Waals surface area contributed by atoms with Gasteiger partial charge in [0.2, 0.25) is 0 Å². The summed E-state index contributed by atoms with van der Waals surface area (Å²) >= 11 is 0. The van der Waals surface area contributed by atoms with Crippen LogP contribution >= 0.6 is 0 Å². The largest absolute Gasteiger partial charge is 0.440 e. The van der Waals surface area contributed by atoms with E-state index in [-0.39, 0.29) is 12.6 Å². The number of carbonyl (C=O) groups excluding carboxylic acids is 1. The Bertz CT molecular complexity index is 227. The topological polar surface area (TPSA) is 47.6 Å². The summed E-state index contributed by atoms with van der Waals surface area (Å²) in [5.41, 5.74) is 0. The van der Waals surface area contributed by atoms with Gasteiger partial charge in [-0.3, -0.25) is 0 Å². The van der Waals surface area contributed by atoms with Crippen molar-refractivity contribution in [3.05, 3.63) is 0 Å². The zero-order valence-electron chi connectivity index (χ0n) is 8.68. The molecule has 1 saturated heterocycles. The Kier molecular flexibility index (Phi) is 4.85. The van der Waals surface area contributed by atoms with Gasteiger partial charge in [-0.1, -0.05) is 0 Å². The van der Waals surface area contributed by atoms with Crippen molar-refractivity contribution in [2.24, 2.45) is 0 Å². The maximum atomic E-state index is 11.7. The van der Waals surface area contributed by atoms with Gasteiger partial charge in [0.1, 0.15) is 0 Å². The van der Waals surface area contributed by atoms with Crippen molar-refractivity contribution in [2.75, 3.05) is 19.8 Å². The highest BCUT2D eigenvalue weighted by Crippen LogP contribution is 2.14. The molecule has 0 aromatic carbocycles. The SMILES string of the molecule is O=C(NCC1CCCCO1)OCC(F)(F)F. The molecular weight excluding hydrogens is 227 g/mol. The van der Waals surface area contributed by atoms with E-state index in [9.17, 15) is 18.0 Å². The number of amides is 1. The number of ether oxygens (including phenoxy) is 2. The predicted octanol–water partition coefficient (Wildman–Crippen LogP) is 1.84. The standard InChI is InChI=1S/C9H14F3NO3/c10-9(11,12)6-16-8(14)13-5-7-3-1-2-4-15-7/h7H,1-6H2,(H,13,14). The molecule has 1 unspecified atom stereocenters. The van der Waals surface area contributed by atoms with E-state index >= 15 is 0 Å². The summed E-state index contributed by atoms with van der Waals surface area (Å²) in [6, 6.07) is 0. The minimum absolute atomic E-state index is 0.118. The Labute approximate surface area is 91.1 Å². The summed E-state index contributed by atoms with van der Waals surface area (Å²) in [4.78, 5) is 10.8. The van der Waals surface area contributed by atoms with E-state index in [1.165, 1.54) is 0 Å². The molecule has 0 aromatic rings. The molecule has 0 radical (unpaired) electrons. The average molecular weight is 241 g/mol. The molecule has 0 bridgehead atoms. The Morgan fingerprint density at radius 1 is 1.44 bits per heavy atom. The summed E-state index contributed by atoms with van der Waals surface area (Å²) in [6.45, 7) is -0.745. The second kappa shape index (κ2) is 5.93. The van der Waals surface area contributed by atoms with E-state index < -0.39 is 18.9 Å². The maximum Gasteiger partial charge on any atom is 0.422 e. The van der Waals surface area contributed by atoms with E-state index in [0.29, 0.717) is 6.61 Å². The lowest BCUT2D eigenvalue weighted by atomic mass is 10.1. The second-order valence-corrected chi connectivity index (χ2v) is 3.56. The number of carbonyl (C=O) groups is 1. The smallest absolute Gasteiger partial charge is 0.422 e. The number of alkyl carbamates (subject to hydrolysis) is 1. The normalized spacial score (nSPS) is 21.6. The number of halogens is 3. The average Bonchev–Trinajstić information content (AvgIpc) is 2.24. The molecule has 1 N–H and O–H groups in total. The summed E-state index contributed by atoms with van der Waals surface area (Å²) in [5, 5.41) is 2.24. The van der Waals surface area contributed by atoms with Gasteiger partial charge in [0.05, 0.1) is 6.10 Å². The first kappa shape index (κ1) is 13.1. The van der Waals surface area contributed by atoms with Gasteiger partial charge >= 0.3 is 12.3 Å². The number of alkyl halides is 3. The molecule has 1 heterocycles. The fraction of sp³-hybridized carbons (Fsp3) is 0.889. The number of nitrogens with one attached hydrogen (secondary N) is 1. The van der Waals surface area contributed by atoms with Crippen LogP contribution in [0.1, 0.15) is 19.3 Å². The lowest BCUT2D eigenvalue weighted by Crippen LogP contribution is -2.37. The van der Waals surface area contributed by atoms with Crippen LogP contribution in [0.25, 0.3) is 0 Å². The van der Waals surface area contributed by atoms with E-state index in [2.05, 4.69) is 10.1 Å². The minimum atomic E-state index is -4.49.